The van der Waals surface area contributed by atoms with E-state index in [-0.39, 0.29) is 11.7 Å². The van der Waals surface area contributed by atoms with Gasteiger partial charge in [-0.25, -0.2) is 4.79 Å². The lowest BCUT2D eigenvalue weighted by molar-refractivity contribution is -0.151. The number of allylic oxidation sites excluding steroid dienone is 3. The molecule has 0 aromatic heterocycles. The average molecular weight is 444 g/mol. The Hall–Kier alpha value is -2.54. The van der Waals surface area contributed by atoms with Gasteiger partial charge in [0.2, 0.25) is 0 Å². The molecule has 0 saturated heterocycles. The van der Waals surface area contributed by atoms with Crippen molar-refractivity contribution in [3.63, 3.8) is 0 Å². The van der Waals surface area contributed by atoms with Gasteiger partial charge in [0.05, 0.1) is 12.7 Å². The monoisotopic (exact) mass is 443 g/mol. The SMILES string of the molecule is CCSCCOC(=O)C1=C(C)NC2=C(C(=O)[C@H](C(=O)OC)[C@@H](C)C2)[C@H]1c1ccccc1. The largest absolute Gasteiger partial charge is 0.468 e. The molecule has 6 nitrogen and oxygen atoms in total. The topological polar surface area (TPSA) is 81.7 Å². The van der Waals surface area contributed by atoms with E-state index in [0.29, 0.717) is 35.6 Å². The number of Topliss-reactive ketones (excluding diaryl/α,β-unsaturated/α-hetero) is 1. The molecule has 0 saturated carbocycles. The van der Waals surface area contributed by atoms with E-state index in [0.717, 1.165) is 17.0 Å². The van der Waals surface area contributed by atoms with Crippen molar-refractivity contribution in [3.8, 4) is 0 Å². The molecule has 1 heterocycles. The van der Waals surface area contributed by atoms with Crippen LogP contribution in [0.25, 0.3) is 0 Å². The number of hydrogen-bond donors (Lipinski definition) is 1. The first-order chi connectivity index (χ1) is 14.9. The van der Waals surface area contributed by atoms with E-state index in [1.165, 1.54) is 7.11 Å². The van der Waals surface area contributed by atoms with Crippen molar-refractivity contribution in [2.75, 3.05) is 25.2 Å². The molecule has 1 aromatic carbocycles. The van der Waals surface area contributed by atoms with Gasteiger partial charge in [0.1, 0.15) is 12.5 Å². The molecule has 31 heavy (non-hydrogen) atoms. The number of esters is 2. The highest BCUT2D eigenvalue weighted by Crippen LogP contribution is 2.45. The van der Waals surface area contributed by atoms with Gasteiger partial charge < -0.3 is 14.8 Å². The van der Waals surface area contributed by atoms with E-state index >= 15 is 0 Å². The number of thioether (sulfide) groups is 1. The summed E-state index contributed by atoms with van der Waals surface area (Å²) in [5.74, 6) is -1.27. The fourth-order valence-electron chi connectivity index (χ4n) is 4.35. The van der Waals surface area contributed by atoms with Crippen LogP contribution in [0.4, 0.5) is 0 Å². The Bertz CT molecular complexity index is 921. The molecule has 3 atom stereocenters. The fraction of sp³-hybridized carbons (Fsp3) is 0.458. The van der Waals surface area contributed by atoms with E-state index in [4.69, 9.17) is 9.47 Å². The molecule has 1 N–H and O–H groups in total. The van der Waals surface area contributed by atoms with Crippen LogP contribution in [-0.2, 0) is 23.9 Å². The zero-order valence-corrected chi connectivity index (χ0v) is 19.2. The minimum Gasteiger partial charge on any atom is -0.468 e. The average Bonchev–Trinajstić information content (AvgIpc) is 2.76. The minimum atomic E-state index is -0.881. The van der Waals surface area contributed by atoms with Gasteiger partial charge >= 0.3 is 11.9 Å². The molecule has 1 aromatic rings. The molecule has 0 unspecified atom stereocenters. The molecule has 1 aliphatic heterocycles. The number of benzene rings is 1. The smallest absolute Gasteiger partial charge is 0.336 e. The highest BCUT2D eigenvalue weighted by Gasteiger charge is 2.47. The third kappa shape index (κ3) is 4.71. The second-order valence-electron chi connectivity index (χ2n) is 7.78. The summed E-state index contributed by atoms with van der Waals surface area (Å²) in [6.07, 6.45) is 0.525. The van der Waals surface area contributed by atoms with Crippen molar-refractivity contribution in [1.82, 2.24) is 5.32 Å². The Morgan fingerprint density at radius 2 is 1.94 bits per heavy atom. The normalized spacial score (nSPS) is 23.2. The van der Waals surface area contributed by atoms with Gasteiger partial charge in [0.15, 0.2) is 5.78 Å². The number of carbonyl (C=O) groups excluding carboxylic acids is 3. The number of ketones is 1. The zero-order chi connectivity index (χ0) is 22.5. The predicted molar refractivity (Wildman–Crippen MR) is 120 cm³/mol. The van der Waals surface area contributed by atoms with Crippen LogP contribution in [0.3, 0.4) is 0 Å². The third-order valence-electron chi connectivity index (χ3n) is 5.76. The Kier molecular flexibility index (Phi) is 7.59. The summed E-state index contributed by atoms with van der Waals surface area (Å²) in [4.78, 5) is 39.1. The summed E-state index contributed by atoms with van der Waals surface area (Å²) in [6.45, 7) is 6.06. The summed E-state index contributed by atoms with van der Waals surface area (Å²) in [7, 11) is 1.29. The van der Waals surface area contributed by atoms with Crippen molar-refractivity contribution in [2.45, 2.75) is 33.1 Å². The molecular formula is C24H29NO5S. The molecule has 2 aliphatic rings. The van der Waals surface area contributed by atoms with Gasteiger partial charge in [-0.3, -0.25) is 9.59 Å². The van der Waals surface area contributed by atoms with Crippen molar-refractivity contribution < 1.29 is 23.9 Å². The first-order valence-electron chi connectivity index (χ1n) is 10.5. The summed E-state index contributed by atoms with van der Waals surface area (Å²) in [5.41, 5.74) is 3.13. The molecular weight excluding hydrogens is 414 g/mol. The van der Waals surface area contributed by atoms with E-state index in [2.05, 4.69) is 12.2 Å². The molecule has 0 spiro atoms. The summed E-state index contributed by atoms with van der Waals surface area (Å²) in [5, 5.41) is 3.27. The quantitative estimate of drug-likeness (QED) is 0.392. The molecule has 7 heteroatoms. The van der Waals surface area contributed by atoms with Gasteiger partial charge in [0, 0.05) is 28.6 Å². The Morgan fingerprint density at radius 3 is 2.58 bits per heavy atom. The number of methoxy groups -OCH3 is 1. The van der Waals surface area contributed by atoms with Crippen molar-refractivity contribution in [2.24, 2.45) is 11.8 Å². The van der Waals surface area contributed by atoms with Crippen LogP contribution in [0.5, 0.6) is 0 Å². The molecule has 166 valence electrons. The first-order valence-corrected chi connectivity index (χ1v) is 11.7. The Morgan fingerprint density at radius 1 is 1.23 bits per heavy atom. The number of hydrogen-bond acceptors (Lipinski definition) is 7. The maximum absolute atomic E-state index is 13.6. The second-order valence-corrected chi connectivity index (χ2v) is 9.17. The number of dihydropyridines is 1. The molecule has 0 amide bonds. The predicted octanol–water partition coefficient (Wildman–Crippen LogP) is 3.60. The Balaban J connectivity index is 2.04. The maximum Gasteiger partial charge on any atom is 0.336 e. The summed E-state index contributed by atoms with van der Waals surface area (Å²) in [6, 6.07) is 9.43. The summed E-state index contributed by atoms with van der Waals surface area (Å²) < 4.78 is 10.5. The van der Waals surface area contributed by atoms with Crippen LogP contribution in [0.15, 0.2) is 52.9 Å². The molecule has 0 fully saturated rings. The molecule has 1 aliphatic carbocycles. The van der Waals surface area contributed by atoms with Gasteiger partial charge in [0.25, 0.3) is 0 Å². The third-order valence-corrected chi connectivity index (χ3v) is 6.62. The molecule has 3 rings (SSSR count). The summed E-state index contributed by atoms with van der Waals surface area (Å²) >= 11 is 1.70. The van der Waals surface area contributed by atoms with Gasteiger partial charge in [-0.1, -0.05) is 44.2 Å². The number of nitrogens with one attached hydrogen (secondary N) is 1. The van der Waals surface area contributed by atoms with Crippen LogP contribution in [0.1, 0.15) is 38.7 Å². The van der Waals surface area contributed by atoms with Crippen LogP contribution >= 0.6 is 11.8 Å². The highest BCUT2D eigenvalue weighted by molar-refractivity contribution is 7.99. The van der Waals surface area contributed by atoms with Crippen LogP contribution in [-0.4, -0.2) is 42.9 Å². The van der Waals surface area contributed by atoms with Crippen molar-refractivity contribution in [3.05, 3.63) is 58.4 Å². The van der Waals surface area contributed by atoms with Crippen molar-refractivity contribution >= 4 is 29.5 Å². The van der Waals surface area contributed by atoms with E-state index in [1.54, 1.807) is 11.8 Å². The number of ether oxygens (including phenoxy) is 2. The number of rotatable bonds is 7. The second kappa shape index (κ2) is 10.2. The lowest BCUT2D eigenvalue weighted by Gasteiger charge is -2.38. The van der Waals surface area contributed by atoms with Crippen molar-refractivity contribution in [1.29, 1.82) is 0 Å². The van der Waals surface area contributed by atoms with E-state index in [9.17, 15) is 14.4 Å². The lowest BCUT2D eigenvalue weighted by atomic mass is 9.69. The maximum atomic E-state index is 13.6. The van der Waals surface area contributed by atoms with Gasteiger partial charge in [-0.2, -0.15) is 11.8 Å². The standard InChI is InChI=1S/C24H29NO5S/c1-5-31-12-11-30-24(28)19-15(3)25-17-13-14(2)18(23(27)29-4)22(26)21(17)20(19)16-9-7-6-8-10-16/h6-10,14,18,20,25H,5,11-13H2,1-4H3/t14-,18+,20-/m0/s1. The fourth-order valence-corrected chi connectivity index (χ4v) is 4.84. The van der Waals surface area contributed by atoms with Crippen LogP contribution in [0.2, 0.25) is 0 Å². The van der Waals surface area contributed by atoms with Gasteiger partial charge in [-0.05, 0) is 30.6 Å². The van der Waals surface area contributed by atoms with Crippen LogP contribution < -0.4 is 5.32 Å². The zero-order valence-electron chi connectivity index (χ0n) is 18.4. The molecule has 0 radical (unpaired) electrons. The molecule has 0 bridgehead atoms. The first kappa shape index (κ1) is 23.1. The van der Waals surface area contributed by atoms with E-state index < -0.39 is 23.8 Å². The van der Waals surface area contributed by atoms with Crippen LogP contribution in [0, 0.1) is 11.8 Å². The Labute approximate surface area is 187 Å². The lowest BCUT2D eigenvalue weighted by Crippen LogP contribution is -2.43. The minimum absolute atomic E-state index is 0.199. The van der Waals surface area contributed by atoms with E-state index in [1.807, 2.05) is 44.2 Å². The highest BCUT2D eigenvalue weighted by atomic mass is 32.2. The van der Waals surface area contributed by atoms with Gasteiger partial charge in [-0.15, -0.1) is 0 Å². The number of carbonyl (C=O) groups is 3.